The summed E-state index contributed by atoms with van der Waals surface area (Å²) in [6.45, 7) is 0. The van der Waals surface area contributed by atoms with Gasteiger partial charge in [0, 0.05) is 0 Å². The van der Waals surface area contributed by atoms with E-state index in [0.717, 1.165) is 0 Å². The molecule has 0 aromatic heterocycles. The van der Waals surface area contributed by atoms with Crippen molar-refractivity contribution in [1.82, 2.24) is 0 Å². The van der Waals surface area contributed by atoms with Crippen LogP contribution in [0.4, 0.5) is 0 Å². The van der Waals surface area contributed by atoms with Crippen LogP contribution in [-0.2, 0) is 9.59 Å². The minimum atomic E-state index is -2.36. The van der Waals surface area contributed by atoms with Gasteiger partial charge in [0.2, 0.25) is 0 Å². The van der Waals surface area contributed by atoms with Gasteiger partial charge in [0.05, 0.1) is 0 Å². The Kier molecular flexibility index (Phi) is 4.44. The van der Waals surface area contributed by atoms with Gasteiger partial charge in [-0.25, -0.2) is 9.59 Å². The number of hydrogen-bond donors (Lipinski definition) is 6. The molecule has 0 aromatic carbocycles. The molecule has 1 unspecified atom stereocenters. The number of rotatable bonds is 5. The number of aliphatic hydroxyl groups is 4. The second-order valence-electron chi connectivity index (χ2n) is 2.55. The summed E-state index contributed by atoms with van der Waals surface area (Å²) in [5, 5.41) is 51.5. The van der Waals surface area contributed by atoms with Gasteiger partial charge in [-0.1, -0.05) is 0 Å². The Bertz CT molecular complexity index is 202. The van der Waals surface area contributed by atoms with Crippen LogP contribution in [0.2, 0.25) is 0 Å². The van der Waals surface area contributed by atoms with Crippen molar-refractivity contribution in [2.24, 2.45) is 0 Å². The molecule has 82 valence electrons. The summed E-state index contributed by atoms with van der Waals surface area (Å²) < 4.78 is 0. The maximum absolute atomic E-state index is 10.1. The molecule has 8 heteroatoms. The zero-order valence-electron chi connectivity index (χ0n) is 6.81. The summed E-state index contributed by atoms with van der Waals surface area (Å²) in [5.41, 5.74) is 0. The number of carboxylic acid groups (broad SMARTS) is 2. The second kappa shape index (κ2) is 4.86. The molecule has 0 heterocycles. The quantitative estimate of drug-likeness (QED) is 0.274. The van der Waals surface area contributed by atoms with Crippen LogP contribution in [0.3, 0.4) is 0 Å². The van der Waals surface area contributed by atoms with Crippen LogP contribution >= 0.6 is 0 Å². The van der Waals surface area contributed by atoms with Crippen molar-refractivity contribution < 1.29 is 40.2 Å². The lowest BCUT2D eigenvalue weighted by Crippen LogP contribution is -2.49. The Hall–Kier alpha value is -1.22. The molecule has 0 saturated carbocycles. The van der Waals surface area contributed by atoms with Crippen LogP contribution in [0.15, 0.2) is 0 Å². The number of hydrogen-bond acceptors (Lipinski definition) is 6. The number of aliphatic hydroxyl groups excluding tert-OH is 4. The highest BCUT2D eigenvalue weighted by Gasteiger charge is 2.37. The maximum Gasteiger partial charge on any atom is 0.335 e. The molecule has 0 saturated heterocycles. The molecule has 0 amide bonds. The smallest absolute Gasteiger partial charge is 0.335 e. The minimum Gasteiger partial charge on any atom is -0.479 e. The summed E-state index contributed by atoms with van der Waals surface area (Å²) >= 11 is 0. The summed E-state index contributed by atoms with van der Waals surface area (Å²) in [4.78, 5) is 20.2. The number of carbonyl (C=O) groups is 2. The Balaban J connectivity index is 4.45. The predicted octanol–water partition coefficient (Wildman–Crippen LogP) is -3.40. The van der Waals surface area contributed by atoms with Gasteiger partial charge in [-0.15, -0.1) is 0 Å². The highest BCUT2D eigenvalue weighted by atomic mass is 16.4. The number of carboxylic acids is 2. The molecule has 0 rings (SSSR count). The molecule has 0 radical (unpaired) electrons. The summed E-state index contributed by atoms with van der Waals surface area (Å²) in [6, 6.07) is 0. The van der Waals surface area contributed by atoms with Crippen molar-refractivity contribution in [2.45, 2.75) is 24.4 Å². The van der Waals surface area contributed by atoms with Crippen LogP contribution in [0.5, 0.6) is 0 Å². The zero-order valence-corrected chi connectivity index (χ0v) is 6.81. The third-order valence-corrected chi connectivity index (χ3v) is 1.50. The van der Waals surface area contributed by atoms with E-state index < -0.39 is 36.4 Å². The lowest BCUT2D eigenvalue weighted by Gasteiger charge is -2.21. The van der Waals surface area contributed by atoms with E-state index in [1.807, 2.05) is 0 Å². The van der Waals surface area contributed by atoms with Crippen LogP contribution in [-0.4, -0.2) is 67.0 Å². The van der Waals surface area contributed by atoms with Crippen molar-refractivity contribution in [3.05, 3.63) is 0 Å². The molecule has 0 aliphatic rings. The second-order valence-corrected chi connectivity index (χ2v) is 2.55. The van der Waals surface area contributed by atoms with Gasteiger partial charge >= 0.3 is 11.9 Å². The SMILES string of the molecule is O=C(O)C(O)[C@@H](O)[C@H](O)[C@H](O)C(=O)O. The Morgan fingerprint density at radius 1 is 0.714 bits per heavy atom. The van der Waals surface area contributed by atoms with E-state index in [1.54, 1.807) is 0 Å². The van der Waals surface area contributed by atoms with E-state index in [2.05, 4.69) is 0 Å². The normalized spacial score (nSPS) is 19.4. The molecule has 0 aliphatic heterocycles. The molecular weight excluding hydrogens is 200 g/mol. The van der Waals surface area contributed by atoms with Crippen molar-refractivity contribution in [3.8, 4) is 0 Å². The molecule has 0 aromatic rings. The van der Waals surface area contributed by atoms with Crippen molar-refractivity contribution in [3.63, 3.8) is 0 Å². The average Bonchev–Trinajstić information content (AvgIpc) is 2.12. The fourth-order valence-corrected chi connectivity index (χ4v) is 0.666. The summed E-state index contributed by atoms with van der Waals surface area (Å²) in [5.74, 6) is -3.68. The first-order valence-electron chi connectivity index (χ1n) is 3.47. The molecule has 6 N–H and O–H groups in total. The van der Waals surface area contributed by atoms with Crippen molar-refractivity contribution in [2.75, 3.05) is 0 Å². The number of aliphatic carboxylic acids is 2. The maximum atomic E-state index is 10.1. The van der Waals surface area contributed by atoms with Gasteiger partial charge in [-0.3, -0.25) is 0 Å². The molecule has 0 spiro atoms. The van der Waals surface area contributed by atoms with Crippen LogP contribution in [0.1, 0.15) is 0 Å². The van der Waals surface area contributed by atoms with Gasteiger partial charge in [-0.05, 0) is 0 Å². The van der Waals surface area contributed by atoms with E-state index in [0.29, 0.717) is 0 Å². The largest absolute Gasteiger partial charge is 0.479 e. The zero-order chi connectivity index (χ0) is 11.5. The Morgan fingerprint density at radius 3 is 1.07 bits per heavy atom. The van der Waals surface area contributed by atoms with Gasteiger partial charge in [0.15, 0.2) is 12.2 Å². The van der Waals surface area contributed by atoms with Crippen LogP contribution in [0.25, 0.3) is 0 Å². The Labute approximate surface area is 77.7 Å². The predicted molar refractivity (Wildman–Crippen MR) is 39.3 cm³/mol. The third-order valence-electron chi connectivity index (χ3n) is 1.50. The molecule has 8 nitrogen and oxygen atoms in total. The van der Waals surface area contributed by atoms with Gasteiger partial charge in [0.25, 0.3) is 0 Å². The van der Waals surface area contributed by atoms with Gasteiger partial charge in [-0.2, -0.15) is 0 Å². The summed E-state index contributed by atoms with van der Waals surface area (Å²) in [7, 11) is 0. The molecule has 4 atom stereocenters. The average molecular weight is 210 g/mol. The molecule has 0 fully saturated rings. The molecular formula is C6H10O8. The minimum absolute atomic E-state index is 1.84. The lowest BCUT2D eigenvalue weighted by molar-refractivity contribution is -0.172. The fourth-order valence-electron chi connectivity index (χ4n) is 0.666. The standard InChI is InChI=1S/C6H10O8/c7-1(3(9)5(11)12)2(8)4(10)6(13)14/h1-4,7-10H,(H,11,12)(H,13,14)/t1-,2-,3-,4?/m0/s1. The van der Waals surface area contributed by atoms with E-state index in [9.17, 15) is 9.59 Å². The lowest BCUT2D eigenvalue weighted by atomic mass is 10.0. The summed E-state index contributed by atoms with van der Waals surface area (Å²) in [6.07, 6.45) is -9.28. The third kappa shape index (κ3) is 2.92. The first-order chi connectivity index (χ1) is 6.29. The van der Waals surface area contributed by atoms with E-state index in [-0.39, 0.29) is 0 Å². The van der Waals surface area contributed by atoms with E-state index in [1.165, 1.54) is 0 Å². The monoisotopic (exact) mass is 210 g/mol. The Morgan fingerprint density at radius 2 is 0.929 bits per heavy atom. The fraction of sp³-hybridized carbons (Fsp3) is 0.667. The van der Waals surface area contributed by atoms with Gasteiger partial charge < -0.3 is 30.6 Å². The highest BCUT2D eigenvalue weighted by molar-refractivity contribution is 5.75. The van der Waals surface area contributed by atoms with E-state index >= 15 is 0 Å². The van der Waals surface area contributed by atoms with Gasteiger partial charge in [0.1, 0.15) is 12.2 Å². The van der Waals surface area contributed by atoms with Crippen LogP contribution in [0, 0.1) is 0 Å². The van der Waals surface area contributed by atoms with E-state index in [4.69, 9.17) is 30.6 Å². The first kappa shape index (κ1) is 12.8. The van der Waals surface area contributed by atoms with Crippen molar-refractivity contribution >= 4 is 11.9 Å². The molecule has 0 aliphatic carbocycles. The first-order valence-corrected chi connectivity index (χ1v) is 3.47. The molecule has 14 heavy (non-hydrogen) atoms. The van der Waals surface area contributed by atoms with Crippen molar-refractivity contribution in [1.29, 1.82) is 0 Å². The molecule has 0 bridgehead atoms. The highest BCUT2D eigenvalue weighted by Crippen LogP contribution is 2.05. The van der Waals surface area contributed by atoms with Crippen LogP contribution < -0.4 is 0 Å². The topological polar surface area (TPSA) is 156 Å².